The molecule has 1 fully saturated rings. The molecule has 0 spiro atoms. The second kappa shape index (κ2) is 6.34. The predicted octanol–water partition coefficient (Wildman–Crippen LogP) is 1.77. The van der Waals surface area contributed by atoms with Crippen LogP contribution < -0.4 is 5.32 Å². The third-order valence-corrected chi connectivity index (χ3v) is 3.98. The van der Waals surface area contributed by atoms with Crippen molar-refractivity contribution in [3.63, 3.8) is 0 Å². The largest absolute Gasteiger partial charge is 0.314 e. The lowest BCUT2D eigenvalue weighted by Gasteiger charge is -2.30. The van der Waals surface area contributed by atoms with E-state index in [0.717, 1.165) is 6.54 Å². The van der Waals surface area contributed by atoms with E-state index in [1.807, 2.05) is 17.9 Å². The van der Waals surface area contributed by atoms with E-state index in [1.165, 1.54) is 37.8 Å². The number of hydrogen-bond acceptors (Lipinski definition) is 3. The highest BCUT2D eigenvalue weighted by molar-refractivity contribution is 5.03. The summed E-state index contributed by atoms with van der Waals surface area (Å²) in [6, 6.07) is 1.32. The van der Waals surface area contributed by atoms with Gasteiger partial charge in [0.15, 0.2) is 0 Å². The molecule has 4 heteroatoms. The summed E-state index contributed by atoms with van der Waals surface area (Å²) in [5, 5.41) is 7.85. The molecule has 0 saturated carbocycles. The molecule has 1 aromatic rings. The summed E-state index contributed by atoms with van der Waals surface area (Å²) >= 11 is 0. The van der Waals surface area contributed by atoms with Crippen molar-refractivity contribution in [2.24, 2.45) is 7.05 Å². The van der Waals surface area contributed by atoms with Crippen molar-refractivity contribution in [2.45, 2.75) is 51.2 Å². The van der Waals surface area contributed by atoms with E-state index in [9.17, 15) is 0 Å². The summed E-state index contributed by atoms with van der Waals surface area (Å²) in [6.07, 6.45) is 9.37. The quantitative estimate of drug-likeness (QED) is 0.864. The van der Waals surface area contributed by atoms with Crippen molar-refractivity contribution in [2.75, 3.05) is 13.6 Å². The lowest BCUT2D eigenvalue weighted by atomic mass is 9.98. The molecule has 4 nitrogen and oxygen atoms in total. The molecule has 0 radical (unpaired) electrons. The van der Waals surface area contributed by atoms with E-state index in [4.69, 9.17) is 0 Å². The van der Waals surface area contributed by atoms with Gasteiger partial charge in [-0.15, -0.1) is 0 Å². The minimum absolute atomic E-state index is 0.612. The Kier molecular flexibility index (Phi) is 4.78. The van der Waals surface area contributed by atoms with Gasteiger partial charge in [0.05, 0.1) is 6.20 Å². The van der Waals surface area contributed by atoms with Gasteiger partial charge in [0.2, 0.25) is 0 Å². The Morgan fingerprint density at radius 3 is 3.00 bits per heavy atom. The van der Waals surface area contributed by atoms with Crippen LogP contribution in [0.15, 0.2) is 12.4 Å². The first-order valence-corrected chi connectivity index (χ1v) is 7.06. The van der Waals surface area contributed by atoms with E-state index in [-0.39, 0.29) is 0 Å². The maximum Gasteiger partial charge on any atom is 0.0534 e. The second-order valence-corrected chi connectivity index (χ2v) is 5.67. The van der Waals surface area contributed by atoms with Crippen LogP contribution in [-0.4, -0.2) is 40.4 Å². The van der Waals surface area contributed by atoms with E-state index < -0.39 is 0 Å². The van der Waals surface area contributed by atoms with Crippen LogP contribution in [0, 0.1) is 0 Å². The van der Waals surface area contributed by atoms with Crippen LogP contribution in [-0.2, 0) is 13.6 Å². The molecule has 0 aromatic carbocycles. The molecule has 0 aliphatic carbocycles. The molecule has 1 saturated heterocycles. The minimum atomic E-state index is 0.612. The Morgan fingerprint density at radius 1 is 1.56 bits per heavy atom. The fourth-order valence-corrected chi connectivity index (χ4v) is 2.71. The van der Waals surface area contributed by atoms with Gasteiger partial charge in [0, 0.05) is 37.4 Å². The van der Waals surface area contributed by atoms with Crippen molar-refractivity contribution in [3.8, 4) is 0 Å². The molecule has 2 unspecified atom stereocenters. The standard InChI is InChI=1S/C14H26N4/c1-12(8-14-6-4-5-7-15-14)17(2)10-13-9-16-18(3)11-13/h9,11-12,14-15H,4-8,10H2,1-3H3. The minimum Gasteiger partial charge on any atom is -0.314 e. The summed E-state index contributed by atoms with van der Waals surface area (Å²) in [5.41, 5.74) is 1.29. The average Bonchev–Trinajstić information content (AvgIpc) is 2.76. The summed E-state index contributed by atoms with van der Waals surface area (Å²) in [6.45, 7) is 4.51. The van der Waals surface area contributed by atoms with Crippen molar-refractivity contribution in [1.82, 2.24) is 20.0 Å². The number of hydrogen-bond donors (Lipinski definition) is 1. The zero-order valence-electron chi connectivity index (χ0n) is 11.9. The summed E-state index contributed by atoms with van der Waals surface area (Å²) in [5.74, 6) is 0. The maximum atomic E-state index is 4.22. The average molecular weight is 250 g/mol. The molecule has 1 aromatic heterocycles. The van der Waals surface area contributed by atoms with Gasteiger partial charge in [-0.25, -0.2) is 0 Å². The summed E-state index contributed by atoms with van der Waals surface area (Å²) < 4.78 is 1.87. The third kappa shape index (κ3) is 3.82. The van der Waals surface area contributed by atoms with E-state index in [0.29, 0.717) is 12.1 Å². The first-order valence-electron chi connectivity index (χ1n) is 7.06. The van der Waals surface area contributed by atoms with Crippen LogP contribution in [0.5, 0.6) is 0 Å². The third-order valence-electron chi connectivity index (χ3n) is 3.98. The first kappa shape index (κ1) is 13.6. The molecule has 2 atom stereocenters. The SMILES string of the molecule is CC(CC1CCCCN1)N(C)Cc1cnn(C)c1. The molecular formula is C14H26N4. The lowest BCUT2D eigenvalue weighted by Crippen LogP contribution is -2.40. The number of rotatable bonds is 5. The monoisotopic (exact) mass is 250 g/mol. The Bertz CT molecular complexity index is 354. The number of aryl methyl sites for hydroxylation is 1. The van der Waals surface area contributed by atoms with Crippen LogP contribution in [0.4, 0.5) is 0 Å². The molecule has 2 heterocycles. The van der Waals surface area contributed by atoms with Gasteiger partial charge >= 0.3 is 0 Å². The van der Waals surface area contributed by atoms with E-state index in [2.05, 4.69) is 35.5 Å². The van der Waals surface area contributed by atoms with Gasteiger partial charge < -0.3 is 5.32 Å². The molecule has 1 N–H and O–H groups in total. The smallest absolute Gasteiger partial charge is 0.0534 e. The Morgan fingerprint density at radius 2 is 2.39 bits per heavy atom. The van der Waals surface area contributed by atoms with Gasteiger partial charge in [-0.3, -0.25) is 9.58 Å². The van der Waals surface area contributed by atoms with Crippen molar-refractivity contribution < 1.29 is 0 Å². The van der Waals surface area contributed by atoms with E-state index in [1.54, 1.807) is 0 Å². The highest BCUT2D eigenvalue weighted by Crippen LogP contribution is 2.15. The molecule has 18 heavy (non-hydrogen) atoms. The zero-order chi connectivity index (χ0) is 13.0. The number of aromatic nitrogens is 2. The van der Waals surface area contributed by atoms with Crippen LogP contribution in [0.1, 0.15) is 38.2 Å². The van der Waals surface area contributed by atoms with E-state index >= 15 is 0 Å². The van der Waals surface area contributed by atoms with Gasteiger partial charge in [0.1, 0.15) is 0 Å². The van der Waals surface area contributed by atoms with Crippen LogP contribution >= 0.6 is 0 Å². The normalized spacial score (nSPS) is 22.3. The molecule has 0 bridgehead atoms. The van der Waals surface area contributed by atoms with Gasteiger partial charge in [-0.05, 0) is 39.8 Å². The topological polar surface area (TPSA) is 33.1 Å². The molecule has 1 aliphatic heterocycles. The Balaban J connectivity index is 1.78. The second-order valence-electron chi connectivity index (χ2n) is 5.67. The van der Waals surface area contributed by atoms with Gasteiger partial charge in [-0.1, -0.05) is 6.42 Å². The van der Waals surface area contributed by atoms with Crippen LogP contribution in [0.25, 0.3) is 0 Å². The number of nitrogens with one attached hydrogen (secondary N) is 1. The van der Waals surface area contributed by atoms with Crippen LogP contribution in [0.3, 0.4) is 0 Å². The van der Waals surface area contributed by atoms with Gasteiger partial charge in [0.25, 0.3) is 0 Å². The highest BCUT2D eigenvalue weighted by atomic mass is 15.2. The van der Waals surface area contributed by atoms with Crippen molar-refractivity contribution in [1.29, 1.82) is 0 Å². The molecule has 102 valence electrons. The molecule has 1 aliphatic rings. The number of nitrogens with zero attached hydrogens (tertiary/aromatic N) is 3. The summed E-state index contributed by atoms with van der Waals surface area (Å²) in [4.78, 5) is 2.42. The Hall–Kier alpha value is -0.870. The first-order chi connectivity index (χ1) is 8.65. The fraction of sp³-hybridized carbons (Fsp3) is 0.786. The fourth-order valence-electron chi connectivity index (χ4n) is 2.71. The maximum absolute atomic E-state index is 4.22. The van der Waals surface area contributed by atoms with Crippen LogP contribution in [0.2, 0.25) is 0 Å². The van der Waals surface area contributed by atoms with Gasteiger partial charge in [-0.2, -0.15) is 5.10 Å². The molecule has 0 amide bonds. The predicted molar refractivity (Wildman–Crippen MR) is 74.4 cm³/mol. The Labute approximate surface area is 110 Å². The lowest BCUT2D eigenvalue weighted by molar-refractivity contribution is 0.209. The number of piperidine rings is 1. The van der Waals surface area contributed by atoms with Crippen molar-refractivity contribution >= 4 is 0 Å². The van der Waals surface area contributed by atoms with Crippen molar-refractivity contribution in [3.05, 3.63) is 18.0 Å². The molecule has 2 rings (SSSR count). The highest BCUT2D eigenvalue weighted by Gasteiger charge is 2.18. The summed E-state index contributed by atoms with van der Waals surface area (Å²) in [7, 11) is 4.18. The zero-order valence-corrected chi connectivity index (χ0v) is 11.9. The molecular weight excluding hydrogens is 224 g/mol.